The van der Waals surface area contributed by atoms with Gasteiger partial charge >= 0.3 is 0 Å². The summed E-state index contributed by atoms with van der Waals surface area (Å²) < 4.78 is 13.8. The number of piperidine rings is 1. The molecule has 0 aromatic carbocycles. The number of rotatable bonds is 2. The molecule has 0 bridgehead atoms. The molecular weight excluding hydrogens is 273 g/mol. The summed E-state index contributed by atoms with van der Waals surface area (Å²) in [5.41, 5.74) is 0.800. The van der Waals surface area contributed by atoms with E-state index in [9.17, 15) is 4.39 Å². The van der Waals surface area contributed by atoms with Crippen molar-refractivity contribution < 1.29 is 4.39 Å². The van der Waals surface area contributed by atoms with E-state index in [0.717, 1.165) is 0 Å². The van der Waals surface area contributed by atoms with E-state index in [2.05, 4.69) is 31.7 Å². The second kappa shape index (κ2) is 6.11. The molecule has 1 saturated heterocycles. The number of nitrogens with zero attached hydrogens (tertiary/aromatic N) is 1. The molecule has 0 aromatic heterocycles. The highest BCUT2D eigenvalue weighted by molar-refractivity contribution is 5.23. The van der Waals surface area contributed by atoms with Crippen LogP contribution in [0.1, 0.15) is 59.3 Å². The summed E-state index contributed by atoms with van der Waals surface area (Å²) in [5, 5.41) is 0. The third kappa shape index (κ3) is 3.48. The quantitative estimate of drug-likeness (QED) is 0.665. The van der Waals surface area contributed by atoms with Crippen molar-refractivity contribution >= 4 is 0 Å². The fourth-order valence-corrected chi connectivity index (χ4v) is 4.75. The largest absolute Gasteiger partial charge is 0.303 e. The van der Waals surface area contributed by atoms with Gasteiger partial charge in [-0.25, -0.2) is 4.39 Å². The SMILES string of the molecule is CC(C)(C)CCN1CCC2(CCCC3C=CC(F)=CC32)CC1. The third-order valence-corrected chi connectivity index (χ3v) is 6.25. The average Bonchev–Trinajstić information content (AvgIpc) is 2.47. The molecule has 0 radical (unpaired) electrons. The first-order valence-electron chi connectivity index (χ1n) is 9.16. The Bertz CT molecular complexity index is 449. The van der Waals surface area contributed by atoms with Crippen molar-refractivity contribution in [2.75, 3.05) is 19.6 Å². The highest BCUT2D eigenvalue weighted by Gasteiger charge is 2.46. The number of halogens is 1. The Labute approximate surface area is 135 Å². The summed E-state index contributed by atoms with van der Waals surface area (Å²) in [5.74, 6) is 1.04. The van der Waals surface area contributed by atoms with E-state index < -0.39 is 0 Å². The number of allylic oxidation sites excluding steroid dienone is 4. The molecule has 2 aliphatic carbocycles. The van der Waals surface area contributed by atoms with Crippen LogP contribution in [0, 0.1) is 22.7 Å². The van der Waals surface area contributed by atoms with Gasteiger partial charge in [-0.2, -0.15) is 0 Å². The van der Waals surface area contributed by atoms with Crippen molar-refractivity contribution in [2.24, 2.45) is 22.7 Å². The van der Waals surface area contributed by atoms with Crippen molar-refractivity contribution in [3.05, 3.63) is 24.1 Å². The van der Waals surface area contributed by atoms with E-state index >= 15 is 0 Å². The van der Waals surface area contributed by atoms with Gasteiger partial charge < -0.3 is 4.90 Å². The highest BCUT2D eigenvalue weighted by Crippen LogP contribution is 2.53. The van der Waals surface area contributed by atoms with Gasteiger partial charge in [0.2, 0.25) is 0 Å². The molecule has 3 aliphatic rings. The molecule has 2 fully saturated rings. The Hall–Kier alpha value is -0.630. The zero-order valence-corrected chi connectivity index (χ0v) is 14.6. The number of hydrogen-bond donors (Lipinski definition) is 0. The van der Waals surface area contributed by atoms with Crippen LogP contribution in [0.2, 0.25) is 0 Å². The van der Waals surface area contributed by atoms with Crippen LogP contribution in [-0.4, -0.2) is 24.5 Å². The molecule has 0 N–H and O–H groups in total. The molecule has 2 unspecified atom stereocenters. The number of likely N-dealkylation sites (tertiary alicyclic amines) is 1. The fourth-order valence-electron chi connectivity index (χ4n) is 4.75. The smallest absolute Gasteiger partial charge is 0.119 e. The van der Waals surface area contributed by atoms with E-state index in [-0.39, 0.29) is 5.83 Å². The second-order valence-electron chi connectivity index (χ2n) is 9.01. The summed E-state index contributed by atoms with van der Waals surface area (Å²) in [7, 11) is 0. The normalized spacial score (nSPS) is 31.9. The summed E-state index contributed by atoms with van der Waals surface area (Å²) in [6.45, 7) is 10.6. The van der Waals surface area contributed by atoms with E-state index in [4.69, 9.17) is 0 Å². The molecule has 0 aromatic rings. The Kier molecular flexibility index (Phi) is 4.51. The summed E-state index contributed by atoms with van der Waals surface area (Å²) in [6, 6.07) is 0. The van der Waals surface area contributed by atoms with Crippen LogP contribution in [0.15, 0.2) is 24.1 Å². The van der Waals surface area contributed by atoms with Crippen molar-refractivity contribution in [2.45, 2.75) is 59.3 Å². The molecule has 124 valence electrons. The molecule has 0 amide bonds. The first-order valence-corrected chi connectivity index (χ1v) is 9.16. The predicted molar refractivity (Wildman–Crippen MR) is 91.3 cm³/mol. The van der Waals surface area contributed by atoms with Crippen LogP contribution in [0.4, 0.5) is 4.39 Å². The van der Waals surface area contributed by atoms with Crippen molar-refractivity contribution in [3.63, 3.8) is 0 Å². The first kappa shape index (κ1) is 16.2. The first-order chi connectivity index (χ1) is 10.4. The zero-order valence-electron chi connectivity index (χ0n) is 14.6. The lowest BCUT2D eigenvalue weighted by molar-refractivity contribution is 0.0120. The van der Waals surface area contributed by atoms with Crippen molar-refractivity contribution in [1.82, 2.24) is 4.90 Å². The van der Waals surface area contributed by atoms with E-state index in [1.165, 1.54) is 58.2 Å². The van der Waals surface area contributed by atoms with Crippen LogP contribution >= 0.6 is 0 Å². The van der Waals surface area contributed by atoms with Gasteiger partial charge in [0, 0.05) is 0 Å². The molecule has 3 rings (SSSR count). The van der Waals surface area contributed by atoms with Gasteiger partial charge in [-0.05, 0) is 86.6 Å². The minimum Gasteiger partial charge on any atom is -0.303 e. The third-order valence-electron chi connectivity index (χ3n) is 6.25. The summed E-state index contributed by atoms with van der Waals surface area (Å²) >= 11 is 0. The monoisotopic (exact) mass is 305 g/mol. The Balaban J connectivity index is 1.62. The Morgan fingerprint density at radius 3 is 2.64 bits per heavy atom. The molecule has 1 saturated carbocycles. The molecule has 1 aliphatic heterocycles. The Morgan fingerprint density at radius 2 is 1.95 bits per heavy atom. The molecule has 1 heterocycles. The molecule has 22 heavy (non-hydrogen) atoms. The standard InChI is InChI=1S/C20H32FN/c1-19(2,3)9-12-22-13-10-20(11-14-22)8-4-5-16-6-7-17(21)15-18(16)20/h6-7,15-16,18H,4-5,8-14H2,1-3H3. The maximum absolute atomic E-state index is 13.8. The number of hydrogen-bond acceptors (Lipinski definition) is 1. The topological polar surface area (TPSA) is 3.24 Å². The molecular formula is C20H32FN. The average molecular weight is 305 g/mol. The lowest BCUT2D eigenvalue weighted by Gasteiger charge is -2.51. The van der Waals surface area contributed by atoms with Gasteiger partial charge in [-0.1, -0.05) is 33.3 Å². The van der Waals surface area contributed by atoms with Crippen LogP contribution in [0.5, 0.6) is 0 Å². The van der Waals surface area contributed by atoms with E-state index in [1.807, 2.05) is 6.08 Å². The minimum absolute atomic E-state index is 0.00214. The molecule has 2 atom stereocenters. The molecule has 1 nitrogen and oxygen atoms in total. The number of fused-ring (bicyclic) bond motifs is 2. The van der Waals surface area contributed by atoms with E-state index in [1.54, 1.807) is 6.08 Å². The van der Waals surface area contributed by atoms with Crippen LogP contribution < -0.4 is 0 Å². The van der Waals surface area contributed by atoms with Crippen molar-refractivity contribution in [1.29, 1.82) is 0 Å². The van der Waals surface area contributed by atoms with Gasteiger partial charge in [0.05, 0.1) is 0 Å². The molecule has 2 heteroatoms. The van der Waals surface area contributed by atoms with Crippen LogP contribution in [0.3, 0.4) is 0 Å². The maximum Gasteiger partial charge on any atom is 0.119 e. The van der Waals surface area contributed by atoms with Gasteiger partial charge in [-0.3, -0.25) is 0 Å². The summed E-state index contributed by atoms with van der Waals surface area (Å²) in [4.78, 5) is 2.64. The molecule has 1 spiro atoms. The van der Waals surface area contributed by atoms with Crippen LogP contribution in [-0.2, 0) is 0 Å². The Morgan fingerprint density at radius 1 is 1.23 bits per heavy atom. The second-order valence-corrected chi connectivity index (χ2v) is 9.01. The van der Waals surface area contributed by atoms with E-state index in [0.29, 0.717) is 22.7 Å². The lowest BCUT2D eigenvalue weighted by atomic mass is 9.57. The minimum atomic E-state index is -0.00214. The van der Waals surface area contributed by atoms with Crippen molar-refractivity contribution in [3.8, 4) is 0 Å². The summed E-state index contributed by atoms with van der Waals surface area (Å²) in [6.07, 6.45) is 13.5. The maximum atomic E-state index is 13.8. The zero-order chi connectivity index (χ0) is 15.8. The predicted octanol–water partition coefficient (Wildman–Crippen LogP) is 5.34. The van der Waals surface area contributed by atoms with Gasteiger partial charge in [0.25, 0.3) is 0 Å². The van der Waals surface area contributed by atoms with Gasteiger partial charge in [0.1, 0.15) is 5.83 Å². The van der Waals surface area contributed by atoms with Gasteiger partial charge in [0.15, 0.2) is 0 Å². The lowest BCUT2D eigenvalue weighted by Crippen LogP contribution is -2.47. The fraction of sp³-hybridized carbons (Fsp3) is 0.800. The van der Waals surface area contributed by atoms with Crippen LogP contribution in [0.25, 0.3) is 0 Å². The van der Waals surface area contributed by atoms with Gasteiger partial charge in [-0.15, -0.1) is 0 Å². The highest BCUT2D eigenvalue weighted by atomic mass is 19.1.